The number of furan rings is 1. The van der Waals surface area contributed by atoms with Crippen molar-refractivity contribution in [2.75, 3.05) is 20.1 Å². The lowest BCUT2D eigenvalue weighted by Crippen LogP contribution is -2.34. The van der Waals surface area contributed by atoms with Gasteiger partial charge in [0.1, 0.15) is 5.37 Å². The predicted octanol–water partition coefficient (Wildman–Crippen LogP) is 3.71. The second kappa shape index (κ2) is 7.99. The monoisotopic (exact) mass is 372 g/mol. The molecular formula is C20H24N2O3S. The van der Waals surface area contributed by atoms with Gasteiger partial charge in [0.25, 0.3) is 5.91 Å². The van der Waals surface area contributed by atoms with Crippen molar-refractivity contribution in [2.24, 2.45) is 0 Å². The zero-order valence-electron chi connectivity index (χ0n) is 15.3. The molecule has 1 aromatic carbocycles. The van der Waals surface area contributed by atoms with Gasteiger partial charge in [-0.15, -0.1) is 11.8 Å². The number of rotatable bonds is 6. The lowest BCUT2D eigenvalue weighted by molar-refractivity contribution is -0.129. The maximum atomic E-state index is 12.6. The molecule has 2 aromatic rings. The Kier molecular flexibility index (Phi) is 5.71. The minimum absolute atomic E-state index is 0.0382. The smallest absolute Gasteiger partial charge is 0.289 e. The molecule has 0 aliphatic carbocycles. The summed E-state index contributed by atoms with van der Waals surface area (Å²) in [5.74, 6) is 0.368. The Morgan fingerprint density at radius 2 is 2.00 bits per heavy atom. The van der Waals surface area contributed by atoms with E-state index in [0.29, 0.717) is 18.8 Å². The van der Waals surface area contributed by atoms with E-state index in [1.807, 2.05) is 11.8 Å². The highest BCUT2D eigenvalue weighted by Crippen LogP contribution is 2.42. The third kappa shape index (κ3) is 3.96. The van der Waals surface area contributed by atoms with Crippen LogP contribution in [-0.2, 0) is 4.79 Å². The summed E-state index contributed by atoms with van der Waals surface area (Å²) in [6, 6.07) is 11.7. The summed E-state index contributed by atoms with van der Waals surface area (Å²) in [6.45, 7) is 5.22. The molecule has 2 heterocycles. The van der Waals surface area contributed by atoms with Crippen molar-refractivity contribution < 1.29 is 14.0 Å². The molecule has 26 heavy (non-hydrogen) atoms. The zero-order valence-corrected chi connectivity index (χ0v) is 16.2. The highest BCUT2D eigenvalue weighted by Gasteiger charge is 2.38. The second-order valence-corrected chi connectivity index (χ2v) is 8.06. The summed E-state index contributed by atoms with van der Waals surface area (Å²) in [6.07, 6.45) is 2.22. The van der Waals surface area contributed by atoms with E-state index in [4.69, 9.17) is 4.42 Å². The average molecular weight is 372 g/mol. The Morgan fingerprint density at radius 3 is 2.65 bits per heavy atom. The summed E-state index contributed by atoms with van der Waals surface area (Å²) in [7, 11) is 1.76. The first-order chi connectivity index (χ1) is 12.5. The number of aryl methyl sites for hydroxylation is 1. The molecule has 1 aliphatic rings. The topological polar surface area (TPSA) is 53.8 Å². The Bertz CT molecular complexity index is 758. The van der Waals surface area contributed by atoms with Crippen molar-refractivity contribution in [3.05, 3.63) is 59.5 Å². The lowest BCUT2D eigenvalue weighted by atomic mass is 10.1. The van der Waals surface area contributed by atoms with Gasteiger partial charge in [-0.1, -0.05) is 29.8 Å². The molecule has 2 amide bonds. The predicted molar refractivity (Wildman–Crippen MR) is 103 cm³/mol. The van der Waals surface area contributed by atoms with Gasteiger partial charge >= 0.3 is 0 Å². The molecule has 1 aromatic heterocycles. The molecule has 5 nitrogen and oxygen atoms in total. The van der Waals surface area contributed by atoms with E-state index < -0.39 is 0 Å². The number of benzene rings is 1. The minimum atomic E-state index is -0.138. The third-order valence-corrected chi connectivity index (χ3v) is 5.97. The first-order valence-corrected chi connectivity index (χ1v) is 9.73. The fourth-order valence-electron chi connectivity index (χ4n) is 3.06. The van der Waals surface area contributed by atoms with Crippen LogP contribution in [0.1, 0.15) is 40.4 Å². The lowest BCUT2D eigenvalue weighted by Gasteiger charge is -2.25. The highest BCUT2D eigenvalue weighted by molar-refractivity contribution is 8.01. The molecule has 0 spiro atoms. The maximum Gasteiger partial charge on any atom is 0.289 e. The van der Waals surface area contributed by atoms with Crippen LogP contribution in [0, 0.1) is 6.92 Å². The van der Waals surface area contributed by atoms with Crippen LogP contribution < -0.4 is 0 Å². The van der Waals surface area contributed by atoms with E-state index in [-0.39, 0.29) is 22.4 Å². The van der Waals surface area contributed by atoms with Crippen LogP contribution in [0.4, 0.5) is 0 Å². The van der Waals surface area contributed by atoms with Gasteiger partial charge in [-0.3, -0.25) is 9.59 Å². The van der Waals surface area contributed by atoms with Crippen LogP contribution in [0.25, 0.3) is 0 Å². The molecule has 6 heteroatoms. The van der Waals surface area contributed by atoms with Gasteiger partial charge in [0.2, 0.25) is 5.91 Å². The summed E-state index contributed by atoms with van der Waals surface area (Å²) in [5, 5.41) is 0.00737. The number of amides is 2. The molecule has 0 bridgehead atoms. The molecule has 0 unspecified atom stereocenters. The van der Waals surface area contributed by atoms with Crippen LogP contribution in [0.5, 0.6) is 0 Å². The van der Waals surface area contributed by atoms with Crippen molar-refractivity contribution in [3.63, 3.8) is 0 Å². The van der Waals surface area contributed by atoms with Crippen molar-refractivity contribution in [1.29, 1.82) is 0 Å². The third-order valence-electron chi connectivity index (χ3n) is 4.58. The Morgan fingerprint density at radius 1 is 1.27 bits per heavy atom. The minimum Gasteiger partial charge on any atom is -0.459 e. The van der Waals surface area contributed by atoms with E-state index in [0.717, 1.165) is 12.0 Å². The van der Waals surface area contributed by atoms with Gasteiger partial charge in [-0.05, 0) is 38.0 Å². The van der Waals surface area contributed by atoms with Crippen molar-refractivity contribution >= 4 is 23.6 Å². The maximum absolute atomic E-state index is 12.6. The van der Waals surface area contributed by atoms with E-state index in [1.54, 1.807) is 35.8 Å². The molecule has 0 N–H and O–H groups in total. The molecule has 0 saturated carbocycles. The molecular weight excluding hydrogens is 348 g/mol. The van der Waals surface area contributed by atoms with Gasteiger partial charge in [-0.25, -0.2) is 0 Å². The standard InChI is InChI=1S/C20H24N2O3S/c1-14-7-9-16(10-8-14)20-22(18(23)15(2)26-20)12-5-11-21(3)19(24)17-6-4-13-25-17/h4,6-10,13,15,20H,5,11-12H2,1-3H3/t15-,20-/m1/s1. The molecule has 138 valence electrons. The largest absolute Gasteiger partial charge is 0.459 e. The van der Waals surface area contributed by atoms with E-state index in [1.165, 1.54) is 11.8 Å². The van der Waals surface area contributed by atoms with Crippen LogP contribution in [0.2, 0.25) is 0 Å². The molecule has 1 aliphatic heterocycles. The van der Waals surface area contributed by atoms with E-state index in [2.05, 4.69) is 31.2 Å². The molecule has 1 saturated heterocycles. The van der Waals surface area contributed by atoms with Crippen molar-refractivity contribution in [1.82, 2.24) is 9.80 Å². The number of hydrogen-bond donors (Lipinski definition) is 0. The SMILES string of the molecule is Cc1ccc([C@H]2S[C@H](C)C(=O)N2CCCN(C)C(=O)c2ccco2)cc1. The Hall–Kier alpha value is -2.21. The van der Waals surface area contributed by atoms with Crippen molar-refractivity contribution in [3.8, 4) is 0 Å². The summed E-state index contributed by atoms with van der Waals surface area (Å²) < 4.78 is 5.15. The number of nitrogens with zero attached hydrogens (tertiary/aromatic N) is 2. The number of carbonyl (C=O) groups is 2. The zero-order chi connectivity index (χ0) is 18.7. The Labute approximate surface area is 158 Å². The molecule has 3 rings (SSSR count). The number of carbonyl (C=O) groups excluding carboxylic acids is 2. The molecule has 1 fully saturated rings. The summed E-state index contributed by atoms with van der Waals surface area (Å²) in [4.78, 5) is 28.3. The number of thioether (sulfide) groups is 1. The van der Waals surface area contributed by atoms with Crippen LogP contribution in [0.3, 0.4) is 0 Å². The van der Waals surface area contributed by atoms with Crippen LogP contribution >= 0.6 is 11.8 Å². The van der Waals surface area contributed by atoms with Crippen LogP contribution in [0.15, 0.2) is 47.1 Å². The van der Waals surface area contributed by atoms with Crippen LogP contribution in [-0.4, -0.2) is 47.0 Å². The van der Waals surface area contributed by atoms with Gasteiger partial charge in [0.05, 0.1) is 11.5 Å². The fourth-order valence-corrected chi connectivity index (χ4v) is 4.37. The van der Waals surface area contributed by atoms with E-state index >= 15 is 0 Å². The molecule has 0 radical (unpaired) electrons. The first kappa shape index (κ1) is 18.6. The van der Waals surface area contributed by atoms with Crippen molar-refractivity contribution in [2.45, 2.75) is 30.9 Å². The second-order valence-electron chi connectivity index (χ2n) is 6.63. The molecule has 2 atom stereocenters. The normalized spacial score (nSPS) is 19.8. The Balaban J connectivity index is 1.60. The first-order valence-electron chi connectivity index (χ1n) is 8.79. The van der Waals surface area contributed by atoms with Gasteiger partial charge in [0, 0.05) is 20.1 Å². The van der Waals surface area contributed by atoms with Gasteiger partial charge in [0.15, 0.2) is 5.76 Å². The number of hydrogen-bond acceptors (Lipinski definition) is 4. The van der Waals surface area contributed by atoms with Gasteiger partial charge < -0.3 is 14.2 Å². The quantitative estimate of drug-likeness (QED) is 0.776. The highest BCUT2D eigenvalue weighted by atomic mass is 32.2. The van der Waals surface area contributed by atoms with Gasteiger partial charge in [-0.2, -0.15) is 0 Å². The summed E-state index contributed by atoms with van der Waals surface area (Å²) >= 11 is 1.68. The van der Waals surface area contributed by atoms with E-state index in [9.17, 15) is 9.59 Å². The average Bonchev–Trinajstić information content (AvgIpc) is 3.26. The summed E-state index contributed by atoms with van der Waals surface area (Å²) in [5.41, 5.74) is 2.36. The fraction of sp³-hybridized carbons (Fsp3) is 0.400.